The van der Waals surface area contributed by atoms with Crippen LogP contribution in [0.2, 0.25) is 0 Å². The number of hydrogen-bond donors (Lipinski definition) is 2. The van der Waals surface area contributed by atoms with Gasteiger partial charge in [-0.2, -0.15) is 0 Å². The molecule has 0 spiro atoms. The zero-order valence-corrected chi connectivity index (χ0v) is 12.2. The van der Waals surface area contributed by atoms with Crippen LogP contribution in [0.3, 0.4) is 0 Å². The number of thioether (sulfide) groups is 1. The highest BCUT2D eigenvalue weighted by molar-refractivity contribution is 7.99. The largest absolute Gasteiger partial charge is 0.409 e. The summed E-state index contributed by atoms with van der Waals surface area (Å²) in [7, 11) is 0. The van der Waals surface area contributed by atoms with E-state index in [9.17, 15) is 0 Å². The van der Waals surface area contributed by atoms with E-state index >= 15 is 0 Å². The molecule has 20 heavy (non-hydrogen) atoms. The normalized spacial score (nSPS) is 13.2. The SMILES string of the molecule is Cc1cccc(SCC(C(N)=NO)c2ccccc2)c1. The zero-order chi connectivity index (χ0) is 14.4. The van der Waals surface area contributed by atoms with E-state index in [4.69, 9.17) is 10.9 Å². The molecule has 0 aliphatic heterocycles. The lowest BCUT2D eigenvalue weighted by molar-refractivity contribution is 0.316. The maximum atomic E-state index is 8.96. The van der Waals surface area contributed by atoms with Crippen LogP contribution in [-0.2, 0) is 0 Å². The first-order valence-electron chi connectivity index (χ1n) is 6.42. The number of hydrogen-bond acceptors (Lipinski definition) is 3. The van der Waals surface area contributed by atoms with Crippen LogP contribution in [0.5, 0.6) is 0 Å². The lowest BCUT2D eigenvalue weighted by Crippen LogP contribution is -2.23. The summed E-state index contributed by atoms with van der Waals surface area (Å²) in [6, 6.07) is 18.2. The van der Waals surface area contributed by atoms with Crippen molar-refractivity contribution >= 4 is 17.6 Å². The molecule has 1 unspecified atom stereocenters. The highest BCUT2D eigenvalue weighted by Crippen LogP contribution is 2.27. The van der Waals surface area contributed by atoms with Gasteiger partial charge in [0.1, 0.15) is 5.84 Å². The van der Waals surface area contributed by atoms with Gasteiger partial charge in [-0.1, -0.05) is 53.2 Å². The van der Waals surface area contributed by atoms with Crippen molar-refractivity contribution in [3.63, 3.8) is 0 Å². The molecule has 0 amide bonds. The molecule has 0 aromatic heterocycles. The lowest BCUT2D eigenvalue weighted by Gasteiger charge is -2.15. The molecule has 0 fully saturated rings. The van der Waals surface area contributed by atoms with Gasteiger partial charge in [-0.15, -0.1) is 11.8 Å². The van der Waals surface area contributed by atoms with Gasteiger partial charge in [0.05, 0.1) is 5.92 Å². The fraction of sp³-hybridized carbons (Fsp3) is 0.188. The minimum atomic E-state index is -0.0910. The van der Waals surface area contributed by atoms with E-state index in [0.717, 1.165) is 11.3 Å². The molecule has 4 heteroatoms. The van der Waals surface area contributed by atoms with Crippen LogP contribution in [0.4, 0.5) is 0 Å². The van der Waals surface area contributed by atoms with Gasteiger partial charge in [0.15, 0.2) is 0 Å². The monoisotopic (exact) mass is 286 g/mol. The molecule has 2 rings (SSSR count). The molecule has 0 bridgehead atoms. The van der Waals surface area contributed by atoms with Gasteiger partial charge in [-0.25, -0.2) is 0 Å². The van der Waals surface area contributed by atoms with E-state index in [1.807, 2.05) is 36.4 Å². The van der Waals surface area contributed by atoms with Crippen molar-refractivity contribution in [2.45, 2.75) is 17.7 Å². The molecule has 0 aliphatic rings. The maximum absolute atomic E-state index is 8.96. The molecule has 3 nitrogen and oxygen atoms in total. The van der Waals surface area contributed by atoms with Crippen molar-refractivity contribution in [3.05, 3.63) is 65.7 Å². The summed E-state index contributed by atoms with van der Waals surface area (Å²) in [6.07, 6.45) is 0. The Morgan fingerprint density at radius 3 is 2.60 bits per heavy atom. The summed E-state index contributed by atoms with van der Waals surface area (Å²) in [5, 5.41) is 12.1. The molecule has 0 saturated heterocycles. The average Bonchev–Trinajstić information content (AvgIpc) is 2.48. The molecule has 104 valence electrons. The molecule has 3 N–H and O–H groups in total. The Morgan fingerprint density at radius 1 is 1.20 bits per heavy atom. The van der Waals surface area contributed by atoms with Crippen molar-refractivity contribution in [1.29, 1.82) is 0 Å². The summed E-state index contributed by atoms with van der Waals surface area (Å²) >= 11 is 1.71. The van der Waals surface area contributed by atoms with Gasteiger partial charge < -0.3 is 10.9 Å². The number of oxime groups is 1. The van der Waals surface area contributed by atoms with E-state index in [1.54, 1.807) is 11.8 Å². The van der Waals surface area contributed by atoms with Crippen LogP contribution in [-0.4, -0.2) is 16.8 Å². The third kappa shape index (κ3) is 3.78. The van der Waals surface area contributed by atoms with E-state index in [2.05, 4.69) is 30.3 Å². The van der Waals surface area contributed by atoms with Crippen molar-refractivity contribution in [2.24, 2.45) is 10.9 Å². The van der Waals surface area contributed by atoms with E-state index in [1.165, 1.54) is 10.5 Å². The van der Waals surface area contributed by atoms with Crippen LogP contribution in [0, 0.1) is 6.92 Å². The Kier molecular flexibility index (Phi) is 5.07. The Balaban J connectivity index is 2.13. The minimum absolute atomic E-state index is 0.0910. The molecule has 0 heterocycles. The van der Waals surface area contributed by atoms with Gasteiger partial charge in [-0.05, 0) is 24.6 Å². The van der Waals surface area contributed by atoms with Crippen molar-refractivity contribution in [2.75, 3.05) is 5.75 Å². The molecule has 1 atom stereocenters. The second-order valence-corrected chi connectivity index (χ2v) is 5.71. The molecule has 0 saturated carbocycles. The van der Waals surface area contributed by atoms with Crippen molar-refractivity contribution in [1.82, 2.24) is 0 Å². The first-order valence-corrected chi connectivity index (χ1v) is 7.41. The number of aryl methyl sites for hydroxylation is 1. The van der Waals surface area contributed by atoms with Crippen molar-refractivity contribution < 1.29 is 5.21 Å². The fourth-order valence-electron chi connectivity index (χ4n) is 1.99. The van der Waals surface area contributed by atoms with Gasteiger partial charge in [0, 0.05) is 10.6 Å². The predicted molar refractivity (Wildman–Crippen MR) is 84.5 cm³/mol. The van der Waals surface area contributed by atoms with Gasteiger partial charge >= 0.3 is 0 Å². The van der Waals surface area contributed by atoms with Gasteiger partial charge in [0.2, 0.25) is 0 Å². The Labute approximate surface area is 123 Å². The molecular weight excluding hydrogens is 268 g/mol. The van der Waals surface area contributed by atoms with E-state index in [0.29, 0.717) is 0 Å². The lowest BCUT2D eigenvalue weighted by atomic mass is 10.0. The summed E-state index contributed by atoms with van der Waals surface area (Å²) in [6.45, 7) is 2.07. The minimum Gasteiger partial charge on any atom is -0.409 e. The highest BCUT2D eigenvalue weighted by Gasteiger charge is 2.16. The second-order valence-electron chi connectivity index (χ2n) is 4.62. The molecule has 0 aliphatic carbocycles. The van der Waals surface area contributed by atoms with Crippen LogP contribution in [0.25, 0.3) is 0 Å². The first kappa shape index (κ1) is 14.5. The number of benzene rings is 2. The van der Waals surface area contributed by atoms with Crippen LogP contribution >= 0.6 is 11.8 Å². The van der Waals surface area contributed by atoms with Crippen LogP contribution in [0.1, 0.15) is 17.0 Å². The first-order chi connectivity index (χ1) is 9.70. The highest BCUT2D eigenvalue weighted by atomic mass is 32.2. The van der Waals surface area contributed by atoms with E-state index < -0.39 is 0 Å². The topological polar surface area (TPSA) is 58.6 Å². The summed E-state index contributed by atoms with van der Waals surface area (Å²) in [5.41, 5.74) is 8.12. The van der Waals surface area contributed by atoms with Crippen LogP contribution in [0.15, 0.2) is 64.6 Å². The number of nitrogens with two attached hydrogens (primary N) is 1. The standard InChI is InChI=1S/C16H18N2OS/c1-12-6-5-9-14(10-12)20-11-15(16(17)18-19)13-7-3-2-4-8-13/h2-10,15,19H,11H2,1H3,(H2,17,18). The third-order valence-electron chi connectivity index (χ3n) is 3.08. The van der Waals surface area contributed by atoms with E-state index in [-0.39, 0.29) is 11.8 Å². The second kappa shape index (κ2) is 7.01. The summed E-state index contributed by atoms with van der Waals surface area (Å²) in [5.74, 6) is 0.895. The summed E-state index contributed by atoms with van der Waals surface area (Å²) in [4.78, 5) is 1.19. The quantitative estimate of drug-likeness (QED) is 0.290. The third-order valence-corrected chi connectivity index (χ3v) is 4.17. The molecular formula is C16H18N2OS. The fourth-order valence-corrected chi connectivity index (χ4v) is 3.16. The Morgan fingerprint density at radius 2 is 1.95 bits per heavy atom. The van der Waals surface area contributed by atoms with Gasteiger partial charge in [0.25, 0.3) is 0 Å². The smallest absolute Gasteiger partial charge is 0.147 e. The molecule has 2 aromatic carbocycles. The van der Waals surface area contributed by atoms with Gasteiger partial charge in [-0.3, -0.25) is 0 Å². The number of amidine groups is 1. The molecule has 0 radical (unpaired) electrons. The maximum Gasteiger partial charge on any atom is 0.147 e. The summed E-state index contributed by atoms with van der Waals surface area (Å²) < 4.78 is 0. The Bertz CT molecular complexity index is 584. The van der Waals surface area contributed by atoms with Crippen LogP contribution < -0.4 is 5.73 Å². The zero-order valence-electron chi connectivity index (χ0n) is 11.4. The average molecular weight is 286 g/mol. The predicted octanol–water partition coefficient (Wildman–Crippen LogP) is 3.62. The number of nitrogens with zero attached hydrogens (tertiary/aromatic N) is 1. The number of rotatable bonds is 5. The van der Waals surface area contributed by atoms with Crippen molar-refractivity contribution in [3.8, 4) is 0 Å². The Hall–Kier alpha value is -1.94. The molecule has 2 aromatic rings.